The lowest BCUT2D eigenvalue weighted by molar-refractivity contribution is -0.121. The molecule has 2 N–H and O–H groups in total. The fourth-order valence-electron chi connectivity index (χ4n) is 2.82. The molecule has 0 aliphatic carbocycles. The summed E-state index contributed by atoms with van der Waals surface area (Å²) in [7, 11) is 1.56. The van der Waals surface area contributed by atoms with E-state index in [4.69, 9.17) is 4.74 Å². The number of methoxy groups -OCH3 is 1. The SMILES string of the molecule is COc1ccc(C(=O)CNC(=O)CCCc2nc3ccccc3c(=O)[nH]2)cc1. The van der Waals surface area contributed by atoms with Gasteiger partial charge in [0.2, 0.25) is 5.91 Å². The summed E-state index contributed by atoms with van der Waals surface area (Å²) in [5.41, 5.74) is 0.963. The number of ether oxygens (including phenoxy) is 1. The van der Waals surface area contributed by atoms with Crippen LogP contribution in [-0.4, -0.2) is 35.3 Å². The van der Waals surface area contributed by atoms with Gasteiger partial charge in [-0.1, -0.05) is 12.1 Å². The highest BCUT2D eigenvalue weighted by molar-refractivity contribution is 5.99. The summed E-state index contributed by atoms with van der Waals surface area (Å²) in [5.74, 6) is 0.827. The fraction of sp³-hybridized carbons (Fsp3) is 0.238. The van der Waals surface area contributed by atoms with Gasteiger partial charge in [-0.25, -0.2) is 4.98 Å². The Balaban J connectivity index is 1.46. The smallest absolute Gasteiger partial charge is 0.258 e. The number of nitrogens with zero attached hydrogens (tertiary/aromatic N) is 1. The maximum absolute atomic E-state index is 12.1. The molecule has 1 aromatic heterocycles. The Morgan fingerprint density at radius 1 is 1.11 bits per heavy atom. The van der Waals surface area contributed by atoms with Crippen molar-refractivity contribution in [2.45, 2.75) is 19.3 Å². The van der Waals surface area contributed by atoms with Crippen molar-refractivity contribution in [2.24, 2.45) is 0 Å². The Morgan fingerprint density at radius 3 is 2.61 bits per heavy atom. The number of fused-ring (bicyclic) bond motifs is 1. The Morgan fingerprint density at radius 2 is 1.86 bits per heavy atom. The molecule has 2 aromatic carbocycles. The van der Waals surface area contributed by atoms with Crippen LogP contribution < -0.4 is 15.6 Å². The molecular formula is C21H21N3O4. The van der Waals surface area contributed by atoms with Crippen molar-refractivity contribution in [1.82, 2.24) is 15.3 Å². The number of hydrogen-bond acceptors (Lipinski definition) is 5. The molecule has 0 radical (unpaired) electrons. The molecule has 28 heavy (non-hydrogen) atoms. The topological polar surface area (TPSA) is 101 Å². The molecule has 0 atom stereocenters. The van der Waals surface area contributed by atoms with E-state index in [0.29, 0.717) is 40.9 Å². The quantitative estimate of drug-likeness (QED) is 0.585. The highest BCUT2D eigenvalue weighted by atomic mass is 16.5. The van der Waals surface area contributed by atoms with E-state index in [9.17, 15) is 14.4 Å². The van der Waals surface area contributed by atoms with Crippen LogP contribution in [0.5, 0.6) is 5.75 Å². The van der Waals surface area contributed by atoms with Crippen LogP contribution in [0.1, 0.15) is 29.0 Å². The standard InChI is InChI=1S/C21H21N3O4/c1-28-15-11-9-14(10-12-15)18(25)13-22-20(26)8-4-7-19-23-17-6-3-2-5-16(17)21(27)24-19/h2-3,5-6,9-12H,4,7-8,13H2,1H3,(H,22,26)(H,23,24,27). The second kappa shape index (κ2) is 8.94. The summed E-state index contributed by atoms with van der Waals surface area (Å²) in [6.07, 6.45) is 1.23. The van der Waals surface area contributed by atoms with Crippen LogP contribution in [0, 0.1) is 0 Å². The van der Waals surface area contributed by atoms with Crippen molar-refractivity contribution < 1.29 is 14.3 Å². The minimum absolute atomic E-state index is 0.0593. The third kappa shape index (κ3) is 4.82. The summed E-state index contributed by atoms with van der Waals surface area (Å²) >= 11 is 0. The average Bonchev–Trinajstić information content (AvgIpc) is 2.72. The zero-order chi connectivity index (χ0) is 19.9. The van der Waals surface area contributed by atoms with Crippen LogP contribution in [0.4, 0.5) is 0 Å². The van der Waals surface area contributed by atoms with Crippen molar-refractivity contribution in [2.75, 3.05) is 13.7 Å². The minimum Gasteiger partial charge on any atom is -0.497 e. The molecule has 3 aromatic rings. The van der Waals surface area contributed by atoms with Gasteiger partial charge in [-0.15, -0.1) is 0 Å². The lowest BCUT2D eigenvalue weighted by Gasteiger charge is -2.06. The van der Waals surface area contributed by atoms with Crippen LogP contribution in [0.25, 0.3) is 10.9 Å². The molecule has 0 saturated carbocycles. The summed E-state index contributed by atoms with van der Waals surface area (Å²) in [5, 5.41) is 3.17. The zero-order valence-electron chi connectivity index (χ0n) is 15.5. The van der Waals surface area contributed by atoms with E-state index < -0.39 is 0 Å². The summed E-state index contributed by atoms with van der Waals surface area (Å²) in [6, 6.07) is 13.8. The van der Waals surface area contributed by atoms with Gasteiger partial charge in [0, 0.05) is 18.4 Å². The van der Waals surface area contributed by atoms with E-state index in [1.165, 1.54) is 0 Å². The van der Waals surface area contributed by atoms with Crippen LogP contribution in [0.2, 0.25) is 0 Å². The Labute approximate surface area is 161 Å². The molecule has 1 heterocycles. The van der Waals surface area contributed by atoms with Gasteiger partial charge in [0.15, 0.2) is 5.78 Å². The maximum Gasteiger partial charge on any atom is 0.258 e. The van der Waals surface area contributed by atoms with Crippen molar-refractivity contribution in [3.8, 4) is 5.75 Å². The maximum atomic E-state index is 12.1. The normalized spacial score (nSPS) is 10.6. The number of aryl methyl sites for hydroxylation is 1. The number of amides is 1. The first-order valence-corrected chi connectivity index (χ1v) is 8.98. The second-order valence-corrected chi connectivity index (χ2v) is 6.31. The van der Waals surface area contributed by atoms with Crippen LogP contribution >= 0.6 is 0 Å². The number of para-hydroxylation sites is 1. The Hall–Kier alpha value is -3.48. The number of carbonyl (C=O) groups is 2. The van der Waals surface area contributed by atoms with Crippen LogP contribution in [0.15, 0.2) is 53.3 Å². The number of Topliss-reactive ketones (excluding diaryl/α,β-unsaturated/α-hetero) is 1. The van der Waals surface area contributed by atoms with Gasteiger partial charge in [0.1, 0.15) is 11.6 Å². The molecule has 7 nitrogen and oxygen atoms in total. The molecule has 3 rings (SSSR count). The van der Waals surface area contributed by atoms with E-state index >= 15 is 0 Å². The zero-order valence-corrected chi connectivity index (χ0v) is 15.5. The van der Waals surface area contributed by atoms with Crippen molar-refractivity contribution in [1.29, 1.82) is 0 Å². The highest BCUT2D eigenvalue weighted by Crippen LogP contribution is 2.11. The molecule has 0 aliphatic rings. The molecule has 144 valence electrons. The number of rotatable bonds is 8. The number of hydrogen-bond donors (Lipinski definition) is 2. The lowest BCUT2D eigenvalue weighted by atomic mass is 10.1. The van der Waals surface area contributed by atoms with Crippen LogP contribution in [-0.2, 0) is 11.2 Å². The number of ketones is 1. The van der Waals surface area contributed by atoms with Gasteiger partial charge >= 0.3 is 0 Å². The number of carbonyl (C=O) groups excluding carboxylic acids is 2. The number of aromatic nitrogens is 2. The number of H-pyrrole nitrogens is 1. The van der Waals surface area contributed by atoms with Gasteiger partial charge in [0.25, 0.3) is 5.56 Å². The largest absolute Gasteiger partial charge is 0.497 e. The molecule has 1 amide bonds. The molecule has 0 aliphatic heterocycles. The number of benzene rings is 2. The second-order valence-electron chi connectivity index (χ2n) is 6.31. The molecule has 0 saturated heterocycles. The fourth-order valence-corrected chi connectivity index (χ4v) is 2.82. The molecule has 0 bridgehead atoms. The minimum atomic E-state index is -0.218. The van der Waals surface area contributed by atoms with E-state index in [2.05, 4.69) is 15.3 Å². The van der Waals surface area contributed by atoms with Crippen molar-refractivity contribution in [3.63, 3.8) is 0 Å². The highest BCUT2D eigenvalue weighted by Gasteiger charge is 2.09. The van der Waals surface area contributed by atoms with E-state index in [1.807, 2.05) is 6.07 Å². The number of aromatic amines is 1. The first kappa shape index (κ1) is 19.3. The average molecular weight is 379 g/mol. The Kier molecular flexibility index (Phi) is 6.16. The first-order valence-electron chi connectivity index (χ1n) is 8.98. The predicted molar refractivity (Wildman–Crippen MR) is 106 cm³/mol. The molecule has 0 fully saturated rings. The molecular weight excluding hydrogens is 358 g/mol. The van der Waals surface area contributed by atoms with Crippen molar-refractivity contribution >= 4 is 22.6 Å². The monoisotopic (exact) mass is 379 g/mol. The van der Waals surface area contributed by atoms with Crippen molar-refractivity contribution in [3.05, 3.63) is 70.3 Å². The van der Waals surface area contributed by atoms with Gasteiger partial charge in [0.05, 0.1) is 24.6 Å². The summed E-state index contributed by atoms with van der Waals surface area (Å²) in [4.78, 5) is 43.3. The van der Waals surface area contributed by atoms with E-state index in [-0.39, 0.29) is 30.2 Å². The van der Waals surface area contributed by atoms with Gasteiger partial charge in [-0.3, -0.25) is 14.4 Å². The van der Waals surface area contributed by atoms with E-state index in [1.54, 1.807) is 49.6 Å². The molecule has 0 spiro atoms. The predicted octanol–water partition coefficient (Wildman–Crippen LogP) is 2.25. The lowest BCUT2D eigenvalue weighted by Crippen LogP contribution is -2.29. The van der Waals surface area contributed by atoms with Gasteiger partial charge < -0.3 is 15.0 Å². The number of nitrogens with one attached hydrogen (secondary N) is 2. The summed E-state index contributed by atoms with van der Waals surface area (Å²) in [6.45, 7) is -0.0593. The van der Waals surface area contributed by atoms with Gasteiger partial charge in [-0.2, -0.15) is 0 Å². The third-order valence-electron chi connectivity index (χ3n) is 4.34. The molecule has 7 heteroatoms. The summed E-state index contributed by atoms with van der Waals surface area (Å²) < 4.78 is 5.05. The van der Waals surface area contributed by atoms with E-state index in [0.717, 1.165) is 0 Å². The third-order valence-corrected chi connectivity index (χ3v) is 4.34. The van der Waals surface area contributed by atoms with Crippen LogP contribution in [0.3, 0.4) is 0 Å². The first-order chi connectivity index (χ1) is 13.6. The molecule has 0 unspecified atom stereocenters. The Bertz CT molecular complexity index is 1040. The van der Waals surface area contributed by atoms with Gasteiger partial charge in [-0.05, 0) is 42.8 Å².